The standard InChI is InChI=1S/C24H22FNO3/c25-18-10-6-16(7-11-18)22(28)15-14-21-23(17-8-12-20(27)13-9-17)26(24(21)29)19-4-2-1-3-5-19/h1-13,21-23,27-28H,14-15H2/t21-,22-,23-/m1/s1. The second-order valence-corrected chi connectivity index (χ2v) is 7.33. The van der Waals surface area contributed by atoms with Gasteiger partial charge in [-0.3, -0.25) is 4.79 Å². The number of benzene rings is 3. The van der Waals surface area contributed by atoms with Crippen LogP contribution in [-0.4, -0.2) is 16.1 Å². The molecule has 2 N–H and O–H groups in total. The lowest BCUT2D eigenvalue weighted by atomic mass is 9.78. The monoisotopic (exact) mass is 391 g/mol. The van der Waals surface area contributed by atoms with E-state index in [1.165, 1.54) is 12.1 Å². The summed E-state index contributed by atoms with van der Waals surface area (Å²) in [6.45, 7) is 0. The predicted octanol–water partition coefficient (Wildman–Crippen LogP) is 4.75. The highest BCUT2D eigenvalue weighted by Gasteiger charge is 2.48. The van der Waals surface area contributed by atoms with Crippen molar-refractivity contribution >= 4 is 11.6 Å². The number of aliphatic hydroxyl groups excluding tert-OH is 1. The molecule has 1 aliphatic heterocycles. The minimum atomic E-state index is -0.755. The Morgan fingerprint density at radius 2 is 1.59 bits per heavy atom. The van der Waals surface area contributed by atoms with Gasteiger partial charge in [0.1, 0.15) is 11.6 Å². The number of carbonyl (C=O) groups excluding carboxylic acids is 1. The molecule has 1 heterocycles. The molecule has 0 unspecified atom stereocenters. The second kappa shape index (κ2) is 8.05. The van der Waals surface area contributed by atoms with Crippen molar-refractivity contribution in [3.63, 3.8) is 0 Å². The van der Waals surface area contributed by atoms with E-state index < -0.39 is 6.10 Å². The van der Waals surface area contributed by atoms with Crippen LogP contribution in [0, 0.1) is 11.7 Å². The Morgan fingerprint density at radius 3 is 2.24 bits per heavy atom. The smallest absolute Gasteiger partial charge is 0.233 e. The van der Waals surface area contributed by atoms with Gasteiger partial charge in [0.25, 0.3) is 0 Å². The number of nitrogens with zero attached hydrogens (tertiary/aromatic N) is 1. The van der Waals surface area contributed by atoms with Crippen molar-refractivity contribution < 1.29 is 19.4 Å². The highest BCUT2D eigenvalue weighted by Crippen LogP contribution is 2.46. The SMILES string of the molecule is O=C1[C@H](CC[C@@H](O)c2ccc(F)cc2)[C@@H](c2ccc(O)cc2)N1c1ccccc1. The fraction of sp³-hybridized carbons (Fsp3) is 0.208. The highest BCUT2D eigenvalue weighted by atomic mass is 19.1. The highest BCUT2D eigenvalue weighted by molar-refractivity contribution is 6.03. The number of anilines is 1. The van der Waals surface area contributed by atoms with Gasteiger partial charge in [-0.25, -0.2) is 4.39 Å². The summed E-state index contributed by atoms with van der Waals surface area (Å²) in [5, 5.41) is 20.1. The fourth-order valence-electron chi connectivity index (χ4n) is 3.95. The van der Waals surface area contributed by atoms with Gasteiger partial charge in [0.05, 0.1) is 18.1 Å². The number of amides is 1. The van der Waals surface area contributed by atoms with Crippen molar-refractivity contribution in [2.45, 2.75) is 25.0 Å². The largest absolute Gasteiger partial charge is 0.508 e. The number of halogens is 1. The van der Waals surface area contributed by atoms with Crippen LogP contribution in [0.25, 0.3) is 0 Å². The molecule has 0 saturated carbocycles. The number of para-hydroxylation sites is 1. The van der Waals surface area contributed by atoms with Crippen molar-refractivity contribution in [2.24, 2.45) is 5.92 Å². The molecule has 148 valence electrons. The van der Waals surface area contributed by atoms with Crippen LogP contribution < -0.4 is 4.90 Å². The van der Waals surface area contributed by atoms with Crippen LogP contribution >= 0.6 is 0 Å². The Kier molecular flexibility index (Phi) is 5.32. The van der Waals surface area contributed by atoms with Gasteiger partial charge in [-0.05, 0) is 60.4 Å². The maximum absolute atomic E-state index is 13.1. The van der Waals surface area contributed by atoms with Crippen LogP contribution in [0.2, 0.25) is 0 Å². The van der Waals surface area contributed by atoms with Gasteiger partial charge in [0.2, 0.25) is 5.91 Å². The average Bonchev–Trinajstić information content (AvgIpc) is 2.74. The molecule has 3 aromatic rings. The number of hydrogen-bond donors (Lipinski definition) is 2. The lowest BCUT2D eigenvalue weighted by molar-refractivity contribution is -0.131. The molecule has 1 fully saturated rings. The summed E-state index contributed by atoms with van der Waals surface area (Å²) in [6, 6.07) is 22.0. The maximum Gasteiger partial charge on any atom is 0.233 e. The summed E-state index contributed by atoms with van der Waals surface area (Å²) >= 11 is 0. The van der Waals surface area contributed by atoms with E-state index in [1.54, 1.807) is 29.2 Å². The molecule has 0 spiro atoms. The normalized spacial score (nSPS) is 19.7. The predicted molar refractivity (Wildman–Crippen MR) is 109 cm³/mol. The lowest BCUT2D eigenvalue weighted by Gasteiger charge is -2.48. The van der Waals surface area contributed by atoms with Crippen LogP contribution in [0.1, 0.15) is 36.1 Å². The van der Waals surface area contributed by atoms with Crippen molar-refractivity contribution in [3.8, 4) is 5.75 Å². The zero-order valence-electron chi connectivity index (χ0n) is 15.8. The lowest BCUT2D eigenvalue weighted by Crippen LogP contribution is -2.55. The van der Waals surface area contributed by atoms with Crippen molar-refractivity contribution in [2.75, 3.05) is 4.90 Å². The minimum Gasteiger partial charge on any atom is -0.508 e. The molecule has 1 saturated heterocycles. The molecule has 0 aliphatic carbocycles. The van der Waals surface area contributed by atoms with E-state index in [0.29, 0.717) is 18.4 Å². The van der Waals surface area contributed by atoms with E-state index in [-0.39, 0.29) is 29.4 Å². The molecule has 0 bridgehead atoms. The quantitative estimate of drug-likeness (QED) is 0.596. The van der Waals surface area contributed by atoms with Crippen molar-refractivity contribution in [1.29, 1.82) is 0 Å². The third-order valence-corrected chi connectivity index (χ3v) is 5.49. The van der Waals surface area contributed by atoms with E-state index in [1.807, 2.05) is 42.5 Å². The molecule has 4 rings (SSSR count). The van der Waals surface area contributed by atoms with E-state index in [2.05, 4.69) is 0 Å². The van der Waals surface area contributed by atoms with Crippen molar-refractivity contribution in [1.82, 2.24) is 0 Å². The molecular weight excluding hydrogens is 369 g/mol. The molecule has 3 aromatic carbocycles. The Balaban J connectivity index is 1.54. The summed E-state index contributed by atoms with van der Waals surface area (Å²) < 4.78 is 13.1. The zero-order valence-corrected chi connectivity index (χ0v) is 15.8. The molecule has 0 aromatic heterocycles. The number of aliphatic hydroxyl groups is 1. The number of carbonyl (C=O) groups is 1. The second-order valence-electron chi connectivity index (χ2n) is 7.33. The number of aromatic hydroxyl groups is 1. The van der Waals surface area contributed by atoms with Crippen LogP contribution in [-0.2, 0) is 4.79 Å². The fourth-order valence-corrected chi connectivity index (χ4v) is 3.95. The van der Waals surface area contributed by atoms with Crippen LogP contribution in [0.3, 0.4) is 0 Å². The summed E-state index contributed by atoms with van der Waals surface area (Å²) in [5.41, 5.74) is 2.40. The first-order valence-corrected chi connectivity index (χ1v) is 9.65. The van der Waals surface area contributed by atoms with Crippen LogP contribution in [0.15, 0.2) is 78.9 Å². The molecule has 29 heavy (non-hydrogen) atoms. The molecule has 4 nitrogen and oxygen atoms in total. The maximum atomic E-state index is 13.1. The van der Waals surface area contributed by atoms with E-state index >= 15 is 0 Å². The van der Waals surface area contributed by atoms with Crippen LogP contribution in [0.4, 0.5) is 10.1 Å². The topological polar surface area (TPSA) is 60.8 Å². The summed E-state index contributed by atoms with van der Waals surface area (Å²) in [4.78, 5) is 14.7. The van der Waals surface area contributed by atoms with Gasteiger partial charge in [0.15, 0.2) is 0 Å². The van der Waals surface area contributed by atoms with E-state index in [9.17, 15) is 19.4 Å². The Labute approximate surface area is 168 Å². The van der Waals surface area contributed by atoms with Crippen LogP contribution in [0.5, 0.6) is 5.75 Å². The van der Waals surface area contributed by atoms with Gasteiger partial charge >= 0.3 is 0 Å². The Bertz CT molecular complexity index is 973. The van der Waals surface area contributed by atoms with Gasteiger partial charge < -0.3 is 15.1 Å². The number of phenols is 1. The van der Waals surface area contributed by atoms with Gasteiger partial charge in [0, 0.05) is 5.69 Å². The van der Waals surface area contributed by atoms with Gasteiger partial charge in [-0.1, -0.05) is 42.5 Å². The first kappa shape index (κ1) is 19.2. The summed E-state index contributed by atoms with van der Waals surface area (Å²) in [7, 11) is 0. The number of rotatable bonds is 6. The molecule has 3 atom stereocenters. The Hall–Kier alpha value is -3.18. The first-order valence-electron chi connectivity index (χ1n) is 9.65. The minimum absolute atomic E-state index is 0.0144. The zero-order chi connectivity index (χ0) is 20.4. The third-order valence-electron chi connectivity index (χ3n) is 5.49. The van der Waals surface area contributed by atoms with E-state index in [4.69, 9.17) is 0 Å². The number of β-lactam (4-membered cyclic amide) rings is 1. The third kappa shape index (κ3) is 3.87. The summed E-state index contributed by atoms with van der Waals surface area (Å²) in [6.07, 6.45) is 0.153. The van der Waals surface area contributed by atoms with Gasteiger partial charge in [-0.2, -0.15) is 0 Å². The number of phenolic OH excluding ortho intramolecular Hbond substituents is 1. The van der Waals surface area contributed by atoms with Gasteiger partial charge in [-0.15, -0.1) is 0 Å². The summed E-state index contributed by atoms with van der Waals surface area (Å²) in [5.74, 6) is -0.426. The van der Waals surface area contributed by atoms with E-state index in [0.717, 1.165) is 11.3 Å². The Morgan fingerprint density at radius 1 is 0.931 bits per heavy atom. The van der Waals surface area contributed by atoms with Crippen molar-refractivity contribution in [3.05, 3.63) is 95.8 Å². The molecule has 1 aliphatic rings. The average molecular weight is 391 g/mol. The molecule has 0 radical (unpaired) electrons. The molecule has 5 heteroatoms. The molecule has 1 amide bonds. The number of hydrogen-bond acceptors (Lipinski definition) is 3. The molecular formula is C24H22FNO3. The first-order chi connectivity index (χ1) is 14.0.